The van der Waals surface area contributed by atoms with E-state index in [9.17, 15) is 18.0 Å². The van der Waals surface area contributed by atoms with Crippen LogP contribution in [-0.2, 0) is 11.0 Å². The second-order valence-corrected chi connectivity index (χ2v) is 2.67. The SMILES string of the molecule is CC(=O)Nc1cc[c]c(C(F)(F)F)c1. The summed E-state index contributed by atoms with van der Waals surface area (Å²) >= 11 is 0. The lowest BCUT2D eigenvalue weighted by molar-refractivity contribution is -0.137. The fourth-order valence-corrected chi connectivity index (χ4v) is 0.911. The summed E-state index contributed by atoms with van der Waals surface area (Å²) in [6.07, 6.45) is -4.44. The Labute approximate surface area is 78.7 Å². The van der Waals surface area contributed by atoms with E-state index in [1.165, 1.54) is 13.0 Å². The summed E-state index contributed by atoms with van der Waals surface area (Å²) < 4.78 is 36.5. The van der Waals surface area contributed by atoms with Gasteiger partial charge >= 0.3 is 6.18 Å². The van der Waals surface area contributed by atoms with E-state index in [0.29, 0.717) is 0 Å². The number of halogens is 3. The zero-order valence-electron chi connectivity index (χ0n) is 7.27. The molecule has 1 aromatic carbocycles. The van der Waals surface area contributed by atoms with Gasteiger partial charge in [-0.05, 0) is 18.2 Å². The van der Waals surface area contributed by atoms with E-state index in [0.717, 1.165) is 12.1 Å². The number of hydrogen-bond donors (Lipinski definition) is 1. The summed E-state index contributed by atoms with van der Waals surface area (Å²) in [6.45, 7) is 1.23. The monoisotopic (exact) mass is 202 g/mol. The van der Waals surface area contributed by atoms with Crippen molar-refractivity contribution >= 4 is 11.6 Å². The smallest absolute Gasteiger partial charge is 0.326 e. The lowest BCUT2D eigenvalue weighted by atomic mass is 10.2. The Morgan fingerprint density at radius 3 is 2.64 bits per heavy atom. The summed E-state index contributed by atoms with van der Waals surface area (Å²) in [5, 5.41) is 2.26. The van der Waals surface area contributed by atoms with Gasteiger partial charge in [0.15, 0.2) is 0 Å². The number of alkyl halides is 3. The molecule has 5 heteroatoms. The van der Waals surface area contributed by atoms with Gasteiger partial charge in [-0.2, -0.15) is 13.2 Å². The third-order valence-electron chi connectivity index (χ3n) is 1.43. The van der Waals surface area contributed by atoms with Crippen LogP contribution in [0.3, 0.4) is 0 Å². The van der Waals surface area contributed by atoms with Crippen LogP contribution >= 0.6 is 0 Å². The molecular formula is C9H7F3NO. The fourth-order valence-electron chi connectivity index (χ4n) is 0.911. The van der Waals surface area contributed by atoms with E-state index in [4.69, 9.17) is 0 Å². The maximum Gasteiger partial charge on any atom is 0.417 e. The number of carbonyl (C=O) groups is 1. The minimum absolute atomic E-state index is 0.114. The molecule has 0 aromatic heterocycles. The van der Waals surface area contributed by atoms with E-state index in [2.05, 4.69) is 5.32 Å². The van der Waals surface area contributed by atoms with Gasteiger partial charge < -0.3 is 5.32 Å². The summed E-state index contributed by atoms with van der Waals surface area (Å²) in [4.78, 5) is 10.6. The molecule has 2 nitrogen and oxygen atoms in total. The third kappa shape index (κ3) is 2.76. The van der Waals surface area contributed by atoms with Crippen LogP contribution in [0.25, 0.3) is 0 Å². The number of carbonyl (C=O) groups excluding carboxylic acids is 1. The van der Waals surface area contributed by atoms with Gasteiger partial charge in [-0.15, -0.1) is 0 Å². The molecule has 0 aliphatic carbocycles. The lowest BCUT2D eigenvalue weighted by Crippen LogP contribution is -2.09. The van der Waals surface area contributed by atoms with Gasteiger partial charge in [-0.3, -0.25) is 4.79 Å². The van der Waals surface area contributed by atoms with Crippen molar-refractivity contribution in [2.45, 2.75) is 13.1 Å². The molecule has 1 radical (unpaired) electrons. The summed E-state index contributed by atoms with van der Waals surface area (Å²) in [7, 11) is 0. The van der Waals surface area contributed by atoms with Crippen molar-refractivity contribution in [2.75, 3.05) is 5.32 Å². The molecule has 0 spiro atoms. The molecule has 1 aromatic rings. The van der Waals surface area contributed by atoms with Gasteiger partial charge in [0.2, 0.25) is 5.91 Å². The number of rotatable bonds is 1. The topological polar surface area (TPSA) is 29.1 Å². The van der Waals surface area contributed by atoms with Gasteiger partial charge in [0.1, 0.15) is 0 Å². The normalized spacial score (nSPS) is 11.1. The molecule has 14 heavy (non-hydrogen) atoms. The van der Waals surface area contributed by atoms with E-state index in [-0.39, 0.29) is 5.69 Å². The first-order chi connectivity index (χ1) is 6.39. The predicted octanol–water partition coefficient (Wildman–Crippen LogP) is 2.46. The van der Waals surface area contributed by atoms with Gasteiger partial charge in [0.25, 0.3) is 0 Å². The van der Waals surface area contributed by atoms with Gasteiger partial charge in [0.05, 0.1) is 5.56 Å². The Morgan fingerprint density at radius 2 is 2.14 bits per heavy atom. The number of benzene rings is 1. The highest BCUT2D eigenvalue weighted by molar-refractivity contribution is 5.88. The second-order valence-electron chi connectivity index (χ2n) is 2.67. The third-order valence-corrected chi connectivity index (χ3v) is 1.43. The van der Waals surface area contributed by atoms with Crippen molar-refractivity contribution in [3.05, 3.63) is 29.8 Å². The van der Waals surface area contributed by atoms with Gasteiger partial charge in [0, 0.05) is 12.6 Å². The number of nitrogens with one attached hydrogen (secondary N) is 1. The van der Waals surface area contributed by atoms with Crippen LogP contribution in [0.5, 0.6) is 0 Å². The fraction of sp³-hybridized carbons (Fsp3) is 0.222. The molecule has 0 saturated heterocycles. The average Bonchev–Trinajstić information content (AvgIpc) is 2.01. The van der Waals surface area contributed by atoms with Crippen molar-refractivity contribution in [1.82, 2.24) is 0 Å². The average molecular weight is 202 g/mol. The standard InChI is InChI=1S/C9H7F3NO/c1-6(14)13-8-4-2-3-7(5-8)9(10,11)12/h2,4-5H,1H3,(H,13,14). The van der Waals surface area contributed by atoms with Crippen molar-refractivity contribution in [2.24, 2.45) is 0 Å². The van der Waals surface area contributed by atoms with Crippen LogP contribution in [0, 0.1) is 6.07 Å². The van der Waals surface area contributed by atoms with E-state index in [1.54, 1.807) is 0 Å². The van der Waals surface area contributed by atoms with Crippen molar-refractivity contribution in [1.29, 1.82) is 0 Å². The molecule has 1 amide bonds. The molecule has 0 saturated carbocycles. The van der Waals surface area contributed by atoms with Crippen molar-refractivity contribution < 1.29 is 18.0 Å². The summed E-state index contributed by atoms with van der Waals surface area (Å²) in [5.74, 6) is -0.413. The maximum absolute atomic E-state index is 12.2. The Kier molecular flexibility index (Phi) is 2.78. The zero-order chi connectivity index (χ0) is 10.8. The Balaban J connectivity index is 2.95. The molecule has 0 atom stereocenters. The first-order valence-corrected chi connectivity index (χ1v) is 3.76. The summed E-state index contributed by atoms with van der Waals surface area (Å²) in [6, 6.07) is 5.34. The minimum Gasteiger partial charge on any atom is -0.326 e. The van der Waals surface area contributed by atoms with E-state index in [1.807, 2.05) is 6.07 Å². The highest BCUT2D eigenvalue weighted by Gasteiger charge is 2.30. The molecule has 0 bridgehead atoms. The second kappa shape index (κ2) is 3.69. The van der Waals surface area contributed by atoms with Crippen LogP contribution in [0.4, 0.5) is 18.9 Å². The molecule has 0 aliphatic heterocycles. The minimum atomic E-state index is -4.44. The van der Waals surface area contributed by atoms with Crippen LogP contribution in [0.2, 0.25) is 0 Å². The zero-order valence-corrected chi connectivity index (χ0v) is 7.27. The highest BCUT2D eigenvalue weighted by atomic mass is 19.4. The Morgan fingerprint density at radius 1 is 1.50 bits per heavy atom. The summed E-state index contributed by atoms with van der Waals surface area (Å²) in [5.41, 5.74) is -0.785. The molecule has 1 N–H and O–H groups in total. The van der Waals surface area contributed by atoms with Crippen molar-refractivity contribution in [3.8, 4) is 0 Å². The van der Waals surface area contributed by atoms with Gasteiger partial charge in [-0.1, -0.05) is 6.07 Å². The quantitative estimate of drug-likeness (QED) is 0.744. The van der Waals surface area contributed by atoms with Crippen LogP contribution < -0.4 is 5.32 Å². The molecule has 75 valence electrons. The number of amides is 1. The van der Waals surface area contributed by atoms with Crippen molar-refractivity contribution in [3.63, 3.8) is 0 Å². The molecule has 0 fully saturated rings. The molecule has 0 heterocycles. The molecular weight excluding hydrogens is 195 g/mol. The first kappa shape index (κ1) is 10.6. The van der Waals surface area contributed by atoms with Crippen LogP contribution in [0.15, 0.2) is 18.2 Å². The molecule has 0 unspecified atom stereocenters. The lowest BCUT2D eigenvalue weighted by Gasteiger charge is -2.08. The van der Waals surface area contributed by atoms with Crippen LogP contribution in [0.1, 0.15) is 12.5 Å². The van der Waals surface area contributed by atoms with Crippen LogP contribution in [-0.4, -0.2) is 5.91 Å². The van der Waals surface area contributed by atoms with Gasteiger partial charge in [-0.25, -0.2) is 0 Å². The molecule has 0 aliphatic rings. The van der Waals surface area contributed by atoms with E-state index >= 15 is 0 Å². The Hall–Kier alpha value is -1.52. The molecule has 1 rings (SSSR count). The first-order valence-electron chi connectivity index (χ1n) is 3.76. The highest BCUT2D eigenvalue weighted by Crippen LogP contribution is 2.30. The largest absolute Gasteiger partial charge is 0.417 e. The number of anilines is 1. The number of hydrogen-bond acceptors (Lipinski definition) is 1. The predicted molar refractivity (Wildman–Crippen MR) is 44.6 cm³/mol. The maximum atomic E-state index is 12.2. The Bertz CT molecular complexity index is 346. The van der Waals surface area contributed by atoms with E-state index < -0.39 is 17.6 Å².